The quantitative estimate of drug-likeness (QED) is 0.661. The van der Waals surface area contributed by atoms with Crippen LogP contribution in [0.3, 0.4) is 0 Å². The molecule has 128 valence electrons. The SMILES string of the molecule is CCCc1sc(NC(=O)c2cccc(F)c2)nc1-c1ccc(C)cc1. The molecular weight excluding hydrogens is 335 g/mol. The Morgan fingerprint density at radius 2 is 1.96 bits per heavy atom. The molecule has 0 atom stereocenters. The molecule has 0 aliphatic rings. The summed E-state index contributed by atoms with van der Waals surface area (Å²) in [6.07, 6.45) is 1.90. The number of hydrogen-bond acceptors (Lipinski definition) is 3. The number of anilines is 1. The summed E-state index contributed by atoms with van der Waals surface area (Å²) in [5.41, 5.74) is 3.41. The molecule has 0 unspecified atom stereocenters. The van der Waals surface area contributed by atoms with Gasteiger partial charge in [-0.2, -0.15) is 0 Å². The van der Waals surface area contributed by atoms with E-state index in [4.69, 9.17) is 0 Å². The van der Waals surface area contributed by atoms with E-state index in [1.165, 1.54) is 35.1 Å². The maximum absolute atomic E-state index is 13.3. The van der Waals surface area contributed by atoms with Crippen molar-refractivity contribution in [1.29, 1.82) is 0 Å². The van der Waals surface area contributed by atoms with Gasteiger partial charge in [0.25, 0.3) is 5.91 Å². The molecule has 0 fully saturated rings. The highest BCUT2D eigenvalue weighted by Crippen LogP contribution is 2.32. The summed E-state index contributed by atoms with van der Waals surface area (Å²) in [7, 11) is 0. The molecule has 1 heterocycles. The van der Waals surface area contributed by atoms with Crippen molar-refractivity contribution in [2.75, 3.05) is 5.32 Å². The van der Waals surface area contributed by atoms with Crippen molar-refractivity contribution in [3.63, 3.8) is 0 Å². The predicted molar refractivity (Wildman–Crippen MR) is 101 cm³/mol. The summed E-state index contributed by atoms with van der Waals surface area (Å²) in [5, 5.41) is 3.32. The van der Waals surface area contributed by atoms with Gasteiger partial charge in [0, 0.05) is 16.0 Å². The van der Waals surface area contributed by atoms with Crippen LogP contribution < -0.4 is 5.32 Å². The average molecular weight is 354 g/mol. The molecular formula is C20H19FN2OS. The molecule has 1 aromatic heterocycles. The Morgan fingerprint density at radius 3 is 2.64 bits per heavy atom. The maximum Gasteiger partial charge on any atom is 0.257 e. The summed E-state index contributed by atoms with van der Waals surface area (Å²) >= 11 is 1.47. The Hall–Kier alpha value is -2.53. The molecule has 5 heteroatoms. The summed E-state index contributed by atoms with van der Waals surface area (Å²) in [6, 6.07) is 13.8. The van der Waals surface area contributed by atoms with Gasteiger partial charge in [0.05, 0.1) is 5.69 Å². The van der Waals surface area contributed by atoms with Gasteiger partial charge >= 0.3 is 0 Å². The molecule has 0 bridgehead atoms. The third-order valence-electron chi connectivity index (χ3n) is 3.81. The zero-order valence-electron chi connectivity index (χ0n) is 14.2. The van der Waals surface area contributed by atoms with Crippen molar-refractivity contribution < 1.29 is 9.18 Å². The monoisotopic (exact) mass is 354 g/mol. The number of carbonyl (C=O) groups is 1. The third-order valence-corrected chi connectivity index (χ3v) is 4.84. The van der Waals surface area contributed by atoms with Crippen molar-refractivity contribution in [3.8, 4) is 11.3 Å². The number of nitrogens with zero attached hydrogens (tertiary/aromatic N) is 1. The van der Waals surface area contributed by atoms with E-state index < -0.39 is 5.82 Å². The second-order valence-electron chi connectivity index (χ2n) is 5.87. The van der Waals surface area contributed by atoms with E-state index in [1.807, 2.05) is 19.1 Å². The number of halogens is 1. The Kier molecular flexibility index (Phi) is 5.24. The molecule has 0 radical (unpaired) electrons. The van der Waals surface area contributed by atoms with Crippen LogP contribution >= 0.6 is 11.3 Å². The number of aryl methyl sites for hydroxylation is 2. The van der Waals surface area contributed by atoms with Crippen LogP contribution in [0.15, 0.2) is 48.5 Å². The van der Waals surface area contributed by atoms with E-state index in [9.17, 15) is 9.18 Å². The molecule has 1 amide bonds. The highest BCUT2D eigenvalue weighted by atomic mass is 32.1. The van der Waals surface area contributed by atoms with Gasteiger partial charge in [0.1, 0.15) is 5.82 Å². The van der Waals surface area contributed by atoms with E-state index in [2.05, 4.69) is 29.4 Å². The molecule has 3 nitrogen and oxygen atoms in total. The van der Waals surface area contributed by atoms with Gasteiger partial charge in [0.2, 0.25) is 0 Å². The summed E-state index contributed by atoms with van der Waals surface area (Å²) in [5.74, 6) is -0.787. The Labute approximate surface area is 150 Å². The normalized spacial score (nSPS) is 10.7. The van der Waals surface area contributed by atoms with Gasteiger partial charge in [-0.1, -0.05) is 49.2 Å². The molecule has 1 N–H and O–H groups in total. The van der Waals surface area contributed by atoms with E-state index >= 15 is 0 Å². The lowest BCUT2D eigenvalue weighted by Gasteiger charge is -2.02. The van der Waals surface area contributed by atoms with E-state index in [0.29, 0.717) is 5.13 Å². The van der Waals surface area contributed by atoms with Crippen LogP contribution in [0, 0.1) is 12.7 Å². The zero-order chi connectivity index (χ0) is 17.8. The van der Waals surface area contributed by atoms with Crippen molar-refractivity contribution in [2.24, 2.45) is 0 Å². The fourth-order valence-electron chi connectivity index (χ4n) is 2.54. The second kappa shape index (κ2) is 7.57. The van der Waals surface area contributed by atoms with Crippen LogP contribution in [0.25, 0.3) is 11.3 Å². The molecule has 0 aliphatic heterocycles. The van der Waals surface area contributed by atoms with Crippen molar-refractivity contribution in [1.82, 2.24) is 4.98 Å². The zero-order valence-corrected chi connectivity index (χ0v) is 15.0. The second-order valence-corrected chi connectivity index (χ2v) is 6.95. The Morgan fingerprint density at radius 1 is 1.20 bits per heavy atom. The Bertz CT molecular complexity index is 887. The molecule has 0 aliphatic carbocycles. The van der Waals surface area contributed by atoms with Crippen molar-refractivity contribution in [2.45, 2.75) is 26.7 Å². The number of carbonyl (C=O) groups excluding carboxylic acids is 1. The maximum atomic E-state index is 13.3. The molecule has 0 saturated heterocycles. The summed E-state index contributed by atoms with van der Waals surface area (Å²) in [6.45, 7) is 4.16. The lowest BCUT2D eigenvalue weighted by Crippen LogP contribution is -2.11. The summed E-state index contributed by atoms with van der Waals surface area (Å²) in [4.78, 5) is 18.1. The number of rotatable bonds is 5. The topological polar surface area (TPSA) is 42.0 Å². The van der Waals surface area contributed by atoms with Crippen molar-refractivity contribution in [3.05, 3.63) is 70.4 Å². The fraction of sp³-hybridized carbons (Fsp3) is 0.200. The van der Waals surface area contributed by atoms with Crippen LogP contribution in [0.5, 0.6) is 0 Å². The number of aromatic nitrogens is 1. The first-order valence-electron chi connectivity index (χ1n) is 8.20. The largest absolute Gasteiger partial charge is 0.298 e. The lowest BCUT2D eigenvalue weighted by atomic mass is 10.1. The van der Waals surface area contributed by atoms with Crippen LogP contribution in [0.4, 0.5) is 9.52 Å². The van der Waals surface area contributed by atoms with Crippen LogP contribution in [0.2, 0.25) is 0 Å². The molecule has 25 heavy (non-hydrogen) atoms. The first-order valence-corrected chi connectivity index (χ1v) is 9.02. The molecule has 0 spiro atoms. The highest BCUT2D eigenvalue weighted by Gasteiger charge is 2.15. The van der Waals surface area contributed by atoms with E-state index in [0.717, 1.165) is 29.0 Å². The first-order chi connectivity index (χ1) is 12.1. The molecule has 2 aromatic carbocycles. The highest BCUT2D eigenvalue weighted by molar-refractivity contribution is 7.16. The van der Waals surface area contributed by atoms with Gasteiger partial charge in [-0.25, -0.2) is 9.37 Å². The molecule has 3 aromatic rings. The minimum Gasteiger partial charge on any atom is -0.298 e. The number of hydrogen-bond donors (Lipinski definition) is 1. The molecule has 3 rings (SSSR count). The van der Waals surface area contributed by atoms with Gasteiger partial charge < -0.3 is 0 Å². The fourth-order valence-corrected chi connectivity index (χ4v) is 3.62. The van der Waals surface area contributed by atoms with Crippen LogP contribution in [-0.4, -0.2) is 10.9 Å². The van der Waals surface area contributed by atoms with Crippen molar-refractivity contribution >= 4 is 22.4 Å². The number of amides is 1. The minimum atomic E-state index is -0.432. The minimum absolute atomic E-state index is 0.282. The average Bonchev–Trinajstić information content (AvgIpc) is 2.98. The number of thiazole rings is 1. The smallest absolute Gasteiger partial charge is 0.257 e. The number of nitrogens with one attached hydrogen (secondary N) is 1. The number of benzene rings is 2. The molecule has 0 saturated carbocycles. The van der Waals surface area contributed by atoms with E-state index in [-0.39, 0.29) is 11.5 Å². The van der Waals surface area contributed by atoms with Gasteiger partial charge in [-0.05, 0) is 31.5 Å². The predicted octanol–water partition coefficient (Wildman–Crippen LogP) is 5.46. The standard InChI is InChI=1S/C20H19FN2OS/c1-3-5-17-18(14-10-8-13(2)9-11-14)22-20(25-17)23-19(24)15-6-4-7-16(21)12-15/h4,6-12H,3,5H2,1-2H3,(H,22,23,24). The first kappa shape index (κ1) is 17.3. The van der Waals surface area contributed by atoms with Gasteiger partial charge in [-0.3, -0.25) is 10.1 Å². The van der Waals surface area contributed by atoms with Crippen LogP contribution in [-0.2, 0) is 6.42 Å². The van der Waals surface area contributed by atoms with Gasteiger partial charge in [0.15, 0.2) is 5.13 Å². The van der Waals surface area contributed by atoms with Gasteiger partial charge in [-0.15, -0.1) is 11.3 Å². The van der Waals surface area contributed by atoms with E-state index in [1.54, 1.807) is 6.07 Å². The third kappa shape index (κ3) is 4.12. The van der Waals surface area contributed by atoms with Crippen LogP contribution in [0.1, 0.15) is 34.1 Å². The lowest BCUT2D eigenvalue weighted by molar-refractivity contribution is 0.102. The summed E-state index contributed by atoms with van der Waals surface area (Å²) < 4.78 is 13.3. The Balaban J connectivity index is 1.88.